The predicted molar refractivity (Wildman–Crippen MR) is 212 cm³/mol. The van der Waals surface area contributed by atoms with Gasteiger partial charge in [0.1, 0.15) is 11.4 Å². The Balaban J connectivity index is 1.22. The second-order valence-corrected chi connectivity index (χ2v) is 14.2. The summed E-state index contributed by atoms with van der Waals surface area (Å²) in [5.41, 5.74) is 9.85. The summed E-state index contributed by atoms with van der Waals surface area (Å²) in [6, 6.07) is 53.8. The fourth-order valence-corrected chi connectivity index (χ4v) is 8.57. The van der Waals surface area contributed by atoms with Crippen LogP contribution in [0.25, 0.3) is 76.5 Å². The average Bonchev–Trinajstić information content (AvgIpc) is 3.57. The summed E-state index contributed by atoms with van der Waals surface area (Å²) in [4.78, 5) is 13.2. The van der Waals surface area contributed by atoms with Gasteiger partial charge in [-0.25, -0.2) is 9.97 Å². The lowest BCUT2D eigenvalue weighted by Gasteiger charge is -2.42. The molecule has 1 aliphatic heterocycles. The van der Waals surface area contributed by atoms with Crippen LogP contribution in [-0.2, 0) is 5.41 Å². The Morgan fingerprint density at radius 2 is 1.20 bits per heavy atom. The largest absolute Gasteiger partial charge is 0.454 e. The minimum Gasteiger partial charge on any atom is -0.454 e. The Morgan fingerprint density at radius 1 is 0.549 bits per heavy atom. The molecule has 4 heteroatoms. The van der Waals surface area contributed by atoms with Crippen LogP contribution < -0.4 is 4.90 Å². The summed E-state index contributed by atoms with van der Waals surface area (Å²) in [5, 5.41) is 9.20. The van der Waals surface area contributed by atoms with E-state index in [1.165, 1.54) is 32.7 Å². The van der Waals surface area contributed by atoms with Gasteiger partial charge >= 0.3 is 0 Å². The van der Waals surface area contributed by atoms with Gasteiger partial charge in [-0.05, 0) is 69.1 Å². The van der Waals surface area contributed by atoms with Gasteiger partial charge in [-0.2, -0.15) is 0 Å². The zero-order valence-corrected chi connectivity index (χ0v) is 28.2. The van der Waals surface area contributed by atoms with E-state index in [1.54, 1.807) is 0 Å². The molecule has 0 aliphatic carbocycles. The van der Waals surface area contributed by atoms with Crippen molar-refractivity contribution in [3.05, 3.63) is 163 Å². The molecule has 0 fully saturated rings. The van der Waals surface area contributed by atoms with Gasteiger partial charge in [0.2, 0.25) is 0 Å². The SMILES string of the molecule is CC1(C)c2ccccc2N(c2ccc3ccc4ccc(-c5ccc6ccccc6c5)nc4c3n2)c2c1c1ccccc1c1c2oc2ccccc21. The van der Waals surface area contributed by atoms with Crippen molar-refractivity contribution in [2.45, 2.75) is 19.3 Å². The Kier molecular flexibility index (Phi) is 5.70. The van der Waals surface area contributed by atoms with E-state index in [2.05, 4.69) is 164 Å². The van der Waals surface area contributed by atoms with Gasteiger partial charge < -0.3 is 4.42 Å². The van der Waals surface area contributed by atoms with E-state index in [9.17, 15) is 0 Å². The topological polar surface area (TPSA) is 42.2 Å². The fourth-order valence-electron chi connectivity index (χ4n) is 8.57. The summed E-state index contributed by atoms with van der Waals surface area (Å²) >= 11 is 0. The van der Waals surface area contributed by atoms with Crippen LogP contribution >= 0.6 is 0 Å². The van der Waals surface area contributed by atoms with Crippen LogP contribution in [0.4, 0.5) is 17.2 Å². The number of nitrogens with zero attached hydrogens (tertiary/aromatic N) is 3. The minimum absolute atomic E-state index is 0.310. The van der Waals surface area contributed by atoms with Crippen LogP contribution in [0.1, 0.15) is 25.0 Å². The number of hydrogen-bond donors (Lipinski definition) is 0. The molecule has 0 radical (unpaired) electrons. The quantitative estimate of drug-likeness (QED) is 0.174. The molecule has 0 N–H and O–H groups in total. The number of benzene rings is 7. The van der Waals surface area contributed by atoms with Gasteiger partial charge in [0.25, 0.3) is 0 Å². The van der Waals surface area contributed by atoms with E-state index in [0.717, 1.165) is 72.2 Å². The zero-order chi connectivity index (χ0) is 33.8. The third-order valence-corrected chi connectivity index (χ3v) is 11.0. The number of hydrogen-bond acceptors (Lipinski definition) is 4. The minimum atomic E-state index is -0.310. The van der Waals surface area contributed by atoms with Gasteiger partial charge in [-0.15, -0.1) is 0 Å². The molecule has 4 heterocycles. The van der Waals surface area contributed by atoms with Gasteiger partial charge in [-0.3, -0.25) is 4.90 Å². The average molecular weight is 654 g/mol. The molecule has 0 amide bonds. The third kappa shape index (κ3) is 3.96. The highest BCUT2D eigenvalue weighted by atomic mass is 16.3. The molecule has 240 valence electrons. The van der Waals surface area contributed by atoms with Gasteiger partial charge in [0, 0.05) is 32.5 Å². The van der Waals surface area contributed by atoms with E-state index >= 15 is 0 Å². The molecular formula is C47H31N3O. The normalized spacial score (nSPS) is 13.8. The van der Waals surface area contributed by atoms with Crippen molar-refractivity contribution >= 4 is 82.5 Å². The molecule has 0 atom stereocenters. The molecule has 0 spiro atoms. The molecule has 1 aliphatic rings. The highest BCUT2D eigenvalue weighted by molar-refractivity contribution is 6.25. The Bertz CT molecular complexity index is 3080. The first kappa shape index (κ1) is 28.3. The Hall–Kier alpha value is -6.52. The molecule has 0 saturated heterocycles. The number of para-hydroxylation sites is 2. The number of aromatic nitrogens is 2. The van der Waals surface area contributed by atoms with Crippen molar-refractivity contribution in [3.63, 3.8) is 0 Å². The predicted octanol–water partition coefficient (Wildman–Crippen LogP) is 12.8. The van der Waals surface area contributed by atoms with Crippen molar-refractivity contribution in [1.82, 2.24) is 9.97 Å². The first-order chi connectivity index (χ1) is 25.0. The lowest BCUT2D eigenvalue weighted by Crippen LogP contribution is -2.31. The van der Waals surface area contributed by atoms with Crippen LogP contribution in [0, 0.1) is 0 Å². The molecular weight excluding hydrogens is 623 g/mol. The number of furan rings is 1. The summed E-state index contributed by atoms with van der Waals surface area (Å²) in [6.07, 6.45) is 0. The second-order valence-electron chi connectivity index (χ2n) is 14.2. The molecule has 10 aromatic rings. The second kappa shape index (κ2) is 10.3. The maximum atomic E-state index is 6.89. The molecule has 0 saturated carbocycles. The van der Waals surface area contributed by atoms with Crippen LogP contribution in [0.3, 0.4) is 0 Å². The van der Waals surface area contributed by atoms with Crippen LogP contribution in [-0.4, -0.2) is 9.97 Å². The van der Waals surface area contributed by atoms with Crippen molar-refractivity contribution < 1.29 is 4.42 Å². The van der Waals surface area contributed by atoms with Crippen molar-refractivity contribution in [1.29, 1.82) is 0 Å². The number of rotatable bonds is 2. The molecule has 51 heavy (non-hydrogen) atoms. The lowest BCUT2D eigenvalue weighted by atomic mass is 9.71. The summed E-state index contributed by atoms with van der Waals surface area (Å²) < 4.78 is 6.89. The highest BCUT2D eigenvalue weighted by Gasteiger charge is 2.41. The lowest BCUT2D eigenvalue weighted by molar-refractivity contribution is 0.628. The number of fused-ring (bicyclic) bond motifs is 13. The van der Waals surface area contributed by atoms with Crippen LogP contribution in [0.15, 0.2) is 156 Å². The molecule has 4 nitrogen and oxygen atoms in total. The first-order valence-electron chi connectivity index (χ1n) is 17.5. The van der Waals surface area contributed by atoms with E-state index in [-0.39, 0.29) is 5.41 Å². The van der Waals surface area contributed by atoms with Gasteiger partial charge in [0.05, 0.1) is 28.1 Å². The maximum Gasteiger partial charge on any atom is 0.160 e. The Morgan fingerprint density at radius 3 is 2.06 bits per heavy atom. The standard InChI is InChI=1S/C47H31N3O/c1-47(2)36-16-8-9-17-38(36)50(45-42(47)34-14-6-5-13-33(34)41-35-15-7-10-18-39(35)51-46(41)45)40-26-24-30-21-20-29-23-25-37(48-43(29)44(30)49-40)32-22-19-28-11-3-4-12-31(28)27-32/h3-27H,1-2H3. The summed E-state index contributed by atoms with van der Waals surface area (Å²) in [7, 11) is 0. The zero-order valence-electron chi connectivity index (χ0n) is 28.2. The van der Waals surface area contributed by atoms with Crippen molar-refractivity contribution in [3.8, 4) is 11.3 Å². The van der Waals surface area contributed by atoms with E-state index in [1.807, 2.05) is 6.07 Å². The fraction of sp³-hybridized carbons (Fsp3) is 0.0638. The smallest absolute Gasteiger partial charge is 0.160 e. The summed E-state index contributed by atoms with van der Waals surface area (Å²) in [5.74, 6) is 0.828. The van der Waals surface area contributed by atoms with E-state index in [4.69, 9.17) is 14.4 Å². The molecule has 7 aromatic carbocycles. The van der Waals surface area contributed by atoms with Crippen molar-refractivity contribution in [2.75, 3.05) is 4.90 Å². The number of anilines is 3. The van der Waals surface area contributed by atoms with Crippen molar-refractivity contribution in [2.24, 2.45) is 0 Å². The van der Waals surface area contributed by atoms with Crippen LogP contribution in [0.2, 0.25) is 0 Å². The Labute approximate surface area is 294 Å². The van der Waals surface area contributed by atoms with Crippen LogP contribution in [0.5, 0.6) is 0 Å². The monoisotopic (exact) mass is 653 g/mol. The van der Waals surface area contributed by atoms with Gasteiger partial charge in [0.15, 0.2) is 5.58 Å². The highest BCUT2D eigenvalue weighted by Crippen LogP contribution is 2.57. The van der Waals surface area contributed by atoms with E-state index in [0.29, 0.717) is 0 Å². The van der Waals surface area contributed by atoms with E-state index < -0.39 is 0 Å². The molecule has 0 bridgehead atoms. The third-order valence-electron chi connectivity index (χ3n) is 11.0. The first-order valence-corrected chi connectivity index (χ1v) is 17.5. The number of pyridine rings is 2. The maximum absolute atomic E-state index is 6.89. The molecule has 0 unspecified atom stereocenters. The molecule has 3 aromatic heterocycles. The molecule has 11 rings (SSSR count). The van der Waals surface area contributed by atoms with Gasteiger partial charge in [-0.1, -0.05) is 129 Å². The summed E-state index contributed by atoms with van der Waals surface area (Å²) in [6.45, 7) is 4.67.